The minimum atomic E-state index is -4.83. The highest BCUT2D eigenvalue weighted by molar-refractivity contribution is 6.35. The number of halogens is 4. The molecule has 6 aromatic rings. The van der Waals surface area contributed by atoms with Crippen molar-refractivity contribution in [2.24, 2.45) is 17.2 Å². The predicted octanol–water partition coefficient (Wildman–Crippen LogP) is 8.66. The molecule has 0 saturated heterocycles. The summed E-state index contributed by atoms with van der Waals surface area (Å²) < 4.78 is 56.2. The molecule has 0 fully saturated rings. The quantitative estimate of drug-likeness (QED) is 0.0351. The molecule has 366 valence electrons. The number of aromatic nitrogens is 3. The molecule has 0 atom stereocenters. The van der Waals surface area contributed by atoms with E-state index in [1.165, 1.54) is 6.92 Å². The van der Waals surface area contributed by atoms with E-state index in [4.69, 9.17) is 43.0 Å². The standard InChI is InChI=1S/C16H18F3N3O2.C14H19N3O.C10H8ClNO.C4H12N2.C4H8O2/c1-24-13-6-4-5-11-12(7-10-21-14(11)13)20-8-2-3-9-22-15(23)16(17,18)19;1-18-13-6-4-5-11-12(7-10-17-14(11)13)16-9-3-2-8-15;1-13-9-4-2-3-7-8(11)5-6-12-10(7)9;5-3-1-2-4-6;1-3-6-4(2)5/h4-7,10H,2-3,8-9H2,1H3,(H,20,21)(H,22,23);4-7,10H,2-3,8-9,15H2,1H3,(H,16,17);2-6H,1H3;1-6H2;3H2,1-2H3. The lowest BCUT2D eigenvalue weighted by Gasteiger charge is -2.11. The summed E-state index contributed by atoms with van der Waals surface area (Å²) in [6.07, 6.45) is 5.62. The number of alkyl halides is 3. The van der Waals surface area contributed by atoms with E-state index in [0.717, 1.165) is 107 Å². The second-order valence-corrected chi connectivity index (χ2v) is 14.5. The zero-order valence-corrected chi connectivity index (χ0v) is 39.6. The summed E-state index contributed by atoms with van der Waals surface area (Å²) in [5, 5.41) is 12.1. The number of benzene rings is 3. The molecule has 0 unspecified atom stereocenters. The molecule has 0 radical (unpaired) electrons. The lowest BCUT2D eigenvalue weighted by atomic mass is 10.1. The van der Waals surface area contributed by atoms with E-state index >= 15 is 0 Å². The summed E-state index contributed by atoms with van der Waals surface area (Å²) in [5.41, 5.74) is 20.2. The van der Waals surface area contributed by atoms with E-state index < -0.39 is 12.1 Å². The van der Waals surface area contributed by atoms with Gasteiger partial charge in [0.2, 0.25) is 0 Å². The van der Waals surface area contributed by atoms with Crippen LogP contribution in [-0.4, -0.2) is 100 Å². The van der Waals surface area contributed by atoms with Gasteiger partial charge in [0.05, 0.1) is 33.0 Å². The van der Waals surface area contributed by atoms with Crippen molar-refractivity contribution in [1.29, 1.82) is 0 Å². The SMILES string of the molecule is CCOC(C)=O.COc1cccc2c(Cl)ccnc12.COc1cccc2c(NCCCCN)ccnc12.COc1cccc2c(NCCCCNC(=O)C(F)(F)F)ccnc12.NCCCCN. The summed E-state index contributed by atoms with van der Waals surface area (Å²) in [5.74, 6) is 0.115. The molecule has 1 amide bonds. The number of methoxy groups -OCH3 is 3. The topological polar surface area (TPSA) is 224 Å². The number of pyridine rings is 3. The summed E-state index contributed by atoms with van der Waals surface area (Å²) in [6, 6.07) is 22.8. The summed E-state index contributed by atoms with van der Waals surface area (Å²) in [6.45, 7) is 7.43. The number of unbranched alkanes of at least 4 members (excludes halogenated alkanes) is 3. The Bertz CT molecular complexity index is 2360. The van der Waals surface area contributed by atoms with Gasteiger partial charge in [0.1, 0.15) is 33.8 Å². The highest BCUT2D eigenvalue weighted by atomic mass is 35.5. The molecule has 6 rings (SSSR count). The molecule has 0 spiro atoms. The number of carbonyl (C=O) groups excluding carboxylic acids is 2. The number of hydrogen-bond donors (Lipinski definition) is 6. The van der Waals surface area contributed by atoms with Gasteiger partial charge in [0.15, 0.2) is 0 Å². The van der Waals surface area contributed by atoms with Gasteiger partial charge in [-0.1, -0.05) is 48.0 Å². The van der Waals surface area contributed by atoms with Gasteiger partial charge in [0.25, 0.3) is 0 Å². The number of nitrogens with zero attached hydrogens (tertiary/aromatic N) is 3. The van der Waals surface area contributed by atoms with Gasteiger partial charge in [-0.2, -0.15) is 13.2 Å². The van der Waals surface area contributed by atoms with Crippen LogP contribution >= 0.6 is 11.6 Å². The van der Waals surface area contributed by atoms with Gasteiger partial charge in [-0.05, 0) is 101 Å². The Morgan fingerprint density at radius 1 is 0.597 bits per heavy atom. The minimum Gasteiger partial charge on any atom is -0.494 e. The van der Waals surface area contributed by atoms with E-state index in [2.05, 4.69) is 36.4 Å². The van der Waals surface area contributed by atoms with E-state index in [9.17, 15) is 22.8 Å². The maximum Gasteiger partial charge on any atom is 0.471 e. The second kappa shape index (κ2) is 32.5. The lowest BCUT2D eigenvalue weighted by molar-refractivity contribution is -0.173. The fraction of sp³-hybridized carbons (Fsp3) is 0.396. The van der Waals surface area contributed by atoms with Crippen molar-refractivity contribution < 1.29 is 41.7 Å². The van der Waals surface area contributed by atoms with Crippen LogP contribution in [0.15, 0.2) is 91.4 Å². The molecule has 0 bridgehead atoms. The Kier molecular flexibility index (Phi) is 27.6. The van der Waals surface area contributed by atoms with Crippen molar-refractivity contribution in [3.8, 4) is 17.2 Å². The number of ether oxygens (including phenoxy) is 4. The Labute approximate surface area is 395 Å². The minimum absolute atomic E-state index is 0.00899. The van der Waals surface area contributed by atoms with Crippen molar-refractivity contribution in [1.82, 2.24) is 20.3 Å². The summed E-state index contributed by atoms with van der Waals surface area (Å²) >= 11 is 5.99. The number of nitrogens with one attached hydrogen (secondary N) is 3. The Hall–Kier alpha value is -6.21. The fourth-order valence-electron chi connectivity index (χ4n) is 5.98. The first-order valence-corrected chi connectivity index (χ1v) is 22.2. The molecule has 3 aromatic heterocycles. The normalized spacial score (nSPS) is 10.4. The van der Waals surface area contributed by atoms with Crippen molar-refractivity contribution >= 4 is 67.6 Å². The first kappa shape index (κ1) is 56.9. The van der Waals surface area contributed by atoms with E-state index in [1.54, 1.807) is 52.9 Å². The zero-order valence-electron chi connectivity index (χ0n) is 38.9. The van der Waals surface area contributed by atoms with Crippen LogP contribution in [0.2, 0.25) is 5.02 Å². The van der Waals surface area contributed by atoms with Crippen LogP contribution in [0, 0.1) is 0 Å². The third-order valence-corrected chi connectivity index (χ3v) is 9.55. The van der Waals surface area contributed by atoms with Gasteiger partial charge >= 0.3 is 18.1 Å². The number of hydrogen-bond acceptors (Lipinski definition) is 14. The van der Waals surface area contributed by atoms with E-state index in [0.29, 0.717) is 36.8 Å². The smallest absolute Gasteiger partial charge is 0.471 e. The molecule has 19 heteroatoms. The number of rotatable bonds is 18. The van der Waals surface area contributed by atoms with Gasteiger partial charge in [0, 0.05) is 72.7 Å². The maximum absolute atomic E-state index is 12.0. The highest BCUT2D eigenvalue weighted by Crippen LogP contribution is 2.30. The number of carbonyl (C=O) groups is 2. The number of amides is 1. The Morgan fingerprint density at radius 2 is 0.985 bits per heavy atom. The zero-order chi connectivity index (χ0) is 49.5. The first-order valence-electron chi connectivity index (χ1n) is 21.8. The largest absolute Gasteiger partial charge is 0.494 e. The van der Waals surface area contributed by atoms with E-state index in [1.807, 2.05) is 66.0 Å². The third-order valence-electron chi connectivity index (χ3n) is 9.22. The molecule has 67 heavy (non-hydrogen) atoms. The molecule has 0 saturated carbocycles. The van der Waals surface area contributed by atoms with E-state index in [-0.39, 0.29) is 12.5 Å². The monoisotopic (exact) mass is 955 g/mol. The molecule has 0 aliphatic rings. The second-order valence-electron chi connectivity index (χ2n) is 14.1. The third kappa shape index (κ3) is 20.5. The number of para-hydroxylation sites is 3. The van der Waals surface area contributed by atoms with Crippen LogP contribution < -0.4 is 47.4 Å². The van der Waals surface area contributed by atoms with Crippen LogP contribution in [0.3, 0.4) is 0 Å². The molecule has 9 N–H and O–H groups in total. The van der Waals surface area contributed by atoms with Crippen LogP contribution in [0.25, 0.3) is 32.7 Å². The van der Waals surface area contributed by atoms with Gasteiger partial charge in [-0.15, -0.1) is 0 Å². The van der Waals surface area contributed by atoms with Gasteiger partial charge in [-0.25, -0.2) is 0 Å². The molecule has 15 nitrogen and oxygen atoms in total. The molecular formula is C48H65ClF3N9O6. The summed E-state index contributed by atoms with van der Waals surface area (Å²) in [7, 11) is 4.86. The summed E-state index contributed by atoms with van der Waals surface area (Å²) in [4.78, 5) is 33.3. The van der Waals surface area contributed by atoms with Crippen LogP contribution in [0.5, 0.6) is 17.2 Å². The highest BCUT2D eigenvalue weighted by Gasteiger charge is 2.38. The van der Waals surface area contributed by atoms with Crippen molar-refractivity contribution in [3.05, 3.63) is 96.4 Å². The van der Waals surface area contributed by atoms with Crippen molar-refractivity contribution in [2.75, 3.05) is 77.8 Å². The number of fused-ring (bicyclic) bond motifs is 3. The molecule has 0 aliphatic carbocycles. The molecular weight excluding hydrogens is 891 g/mol. The number of nitrogens with two attached hydrogens (primary N) is 3. The fourth-order valence-corrected chi connectivity index (χ4v) is 6.18. The van der Waals surface area contributed by atoms with Crippen molar-refractivity contribution in [3.63, 3.8) is 0 Å². The average molecular weight is 957 g/mol. The van der Waals surface area contributed by atoms with Crippen LogP contribution in [0.4, 0.5) is 24.5 Å². The average Bonchev–Trinajstić information content (AvgIpc) is 3.33. The van der Waals surface area contributed by atoms with Crippen molar-refractivity contribution in [2.45, 2.75) is 58.5 Å². The maximum atomic E-state index is 12.0. The number of anilines is 2. The molecule has 3 heterocycles. The predicted molar refractivity (Wildman–Crippen MR) is 263 cm³/mol. The van der Waals surface area contributed by atoms with Crippen LogP contribution in [-0.2, 0) is 14.3 Å². The Balaban J connectivity index is 0.000000316. The van der Waals surface area contributed by atoms with Gasteiger partial charge < -0.3 is 52.1 Å². The van der Waals surface area contributed by atoms with Gasteiger partial charge in [-0.3, -0.25) is 24.5 Å². The first-order chi connectivity index (χ1) is 32.3. The molecule has 3 aromatic carbocycles. The number of esters is 1. The lowest BCUT2D eigenvalue weighted by Crippen LogP contribution is -2.37. The molecule has 0 aliphatic heterocycles. The Morgan fingerprint density at radius 3 is 1.37 bits per heavy atom. The van der Waals surface area contributed by atoms with Crippen LogP contribution in [0.1, 0.15) is 52.4 Å².